The van der Waals surface area contributed by atoms with Crippen LogP contribution in [0.3, 0.4) is 0 Å². The van der Waals surface area contributed by atoms with Crippen molar-refractivity contribution < 1.29 is 27.0 Å². The van der Waals surface area contributed by atoms with Gasteiger partial charge in [-0.1, -0.05) is 12.1 Å². The van der Waals surface area contributed by atoms with E-state index in [0.29, 0.717) is 0 Å². The monoisotopic (exact) mass is 301 g/mol. The number of carbonyl (C=O) groups excluding carboxylic acids is 1. The lowest BCUT2D eigenvalue weighted by Crippen LogP contribution is -2.28. The number of carbonyl (C=O) groups is 1. The zero-order valence-corrected chi connectivity index (χ0v) is 11.2. The van der Waals surface area contributed by atoms with E-state index >= 15 is 0 Å². The van der Waals surface area contributed by atoms with Crippen molar-refractivity contribution in [2.45, 2.75) is 19.1 Å². The summed E-state index contributed by atoms with van der Waals surface area (Å²) in [5.74, 6) is -0.776. The third kappa shape index (κ3) is 2.84. The number of nitrogens with zero attached hydrogens (tertiary/aromatic N) is 1. The van der Waals surface area contributed by atoms with Gasteiger partial charge in [0.2, 0.25) is 6.10 Å². The Balaban J connectivity index is 2.37. The Bertz CT molecular complexity index is 561. The molecule has 0 radical (unpaired) electrons. The van der Waals surface area contributed by atoms with Crippen molar-refractivity contribution in [3.8, 4) is 0 Å². The van der Waals surface area contributed by atoms with Crippen molar-refractivity contribution in [2.75, 3.05) is 6.61 Å². The van der Waals surface area contributed by atoms with E-state index in [-0.39, 0.29) is 17.9 Å². The predicted octanol–water partition coefficient (Wildman–Crippen LogP) is 1.19. The molecule has 1 aliphatic heterocycles. The van der Waals surface area contributed by atoms with Gasteiger partial charge in [-0.15, -0.1) is 0 Å². The summed E-state index contributed by atoms with van der Waals surface area (Å²) in [5.41, 5.74) is -0.129. The van der Waals surface area contributed by atoms with Crippen molar-refractivity contribution in [3.05, 3.63) is 39.9 Å². The fourth-order valence-electron chi connectivity index (χ4n) is 1.79. The Morgan fingerprint density at radius 3 is 2.80 bits per heavy atom. The van der Waals surface area contributed by atoms with Crippen LogP contribution in [0.25, 0.3) is 0 Å². The van der Waals surface area contributed by atoms with Crippen LogP contribution < -0.4 is 0 Å². The maximum atomic E-state index is 11.7. The van der Waals surface area contributed by atoms with E-state index in [0.717, 1.165) is 0 Å². The summed E-state index contributed by atoms with van der Waals surface area (Å²) < 4.78 is 25.9. The number of para-hydroxylation sites is 1. The van der Waals surface area contributed by atoms with Crippen molar-refractivity contribution in [1.82, 2.24) is 0 Å². The Labute approximate surface area is 116 Å². The molecule has 1 fully saturated rings. The largest absolute Gasteiger partial charge is 0.464 e. The van der Waals surface area contributed by atoms with Crippen LogP contribution in [0.2, 0.25) is 0 Å². The Morgan fingerprint density at radius 2 is 2.15 bits per heavy atom. The molecule has 0 amide bonds. The van der Waals surface area contributed by atoms with Crippen molar-refractivity contribution >= 4 is 23.0 Å². The minimum atomic E-state index is -2.15. The molecule has 1 saturated heterocycles. The summed E-state index contributed by atoms with van der Waals surface area (Å²) in [7, 11) is 0. The second kappa shape index (κ2) is 6.07. The molecule has 1 aromatic rings. The lowest BCUT2D eigenvalue weighted by Gasteiger charge is -2.14. The van der Waals surface area contributed by atoms with E-state index in [1.165, 1.54) is 18.2 Å². The fourth-order valence-corrected chi connectivity index (χ4v) is 2.56. The maximum absolute atomic E-state index is 11.7. The lowest BCUT2D eigenvalue weighted by molar-refractivity contribution is -0.386. The van der Waals surface area contributed by atoms with Crippen molar-refractivity contribution in [3.63, 3.8) is 0 Å². The van der Waals surface area contributed by atoms with Gasteiger partial charge in [-0.2, -0.15) is 4.21 Å². The zero-order valence-electron chi connectivity index (χ0n) is 10.4. The normalized spacial score (nSPS) is 25.4. The minimum absolute atomic E-state index is 0.106. The van der Waals surface area contributed by atoms with Crippen LogP contribution >= 0.6 is 0 Å². The number of hydrogen-bond acceptors (Lipinski definition) is 7. The van der Waals surface area contributed by atoms with E-state index in [4.69, 9.17) is 13.1 Å². The molecule has 0 saturated carbocycles. The summed E-state index contributed by atoms with van der Waals surface area (Å²) in [6.45, 7) is 1.71. The van der Waals surface area contributed by atoms with E-state index in [1.54, 1.807) is 13.0 Å². The number of nitro benzene ring substituents is 1. The number of rotatable bonds is 4. The first kappa shape index (κ1) is 14.6. The summed E-state index contributed by atoms with van der Waals surface area (Å²) in [5, 5.41) is 11.0. The molecule has 1 unspecified atom stereocenters. The quantitative estimate of drug-likeness (QED) is 0.467. The third-order valence-electron chi connectivity index (χ3n) is 2.60. The van der Waals surface area contributed by atoms with Crippen LogP contribution in [0.5, 0.6) is 0 Å². The molecule has 1 aliphatic rings. The highest BCUT2D eigenvalue weighted by Gasteiger charge is 2.45. The molecule has 20 heavy (non-hydrogen) atoms. The fraction of sp³-hybridized carbons (Fsp3) is 0.364. The Hall–Kier alpha value is -1.84. The van der Waals surface area contributed by atoms with Crippen molar-refractivity contribution in [2.24, 2.45) is 0 Å². The van der Waals surface area contributed by atoms with E-state index in [1.807, 2.05) is 0 Å². The highest BCUT2D eigenvalue weighted by atomic mass is 32.2. The number of ether oxygens (including phenoxy) is 1. The molecule has 1 aromatic carbocycles. The first-order chi connectivity index (χ1) is 9.54. The molecule has 0 spiro atoms. The Morgan fingerprint density at radius 1 is 1.45 bits per heavy atom. The summed E-state index contributed by atoms with van der Waals surface area (Å²) in [6, 6.07) is 5.71. The highest BCUT2D eigenvalue weighted by molar-refractivity contribution is 7.75. The average Bonchev–Trinajstić information content (AvgIpc) is 2.81. The van der Waals surface area contributed by atoms with Gasteiger partial charge in [0.05, 0.1) is 17.1 Å². The molecule has 0 bridgehead atoms. The first-order valence-corrected chi connectivity index (χ1v) is 6.70. The predicted molar refractivity (Wildman–Crippen MR) is 66.6 cm³/mol. The molecule has 3 atom stereocenters. The second-order valence-corrected chi connectivity index (χ2v) is 4.60. The third-order valence-corrected chi connectivity index (χ3v) is 3.33. The maximum Gasteiger partial charge on any atom is 0.339 e. The van der Waals surface area contributed by atoms with Crippen LogP contribution in [0.1, 0.15) is 18.6 Å². The van der Waals surface area contributed by atoms with Crippen LogP contribution in [0.4, 0.5) is 5.69 Å². The number of benzene rings is 1. The van der Waals surface area contributed by atoms with Crippen LogP contribution in [-0.4, -0.2) is 27.8 Å². The van der Waals surface area contributed by atoms with Crippen molar-refractivity contribution in [1.29, 1.82) is 0 Å². The molecule has 8 nitrogen and oxygen atoms in total. The van der Waals surface area contributed by atoms with Crippen LogP contribution in [0.15, 0.2) is 24.3 Å². The second-order valence-electron chi connectivity index (χ2n) is 3.81. The first-order valence-electron chi connectivity index (χ1n) is 5.70. The molecule has 0 aliphatic carbocycles. The molecule has 9 heteroatoms. The molecule has 1 heterocycles. The molecular weight excluding hydrogens is 290 g/mol. The van der Waals surface area contributed by atoms with E-state index < -0.39 is 34.5 Å². The zero-order chi connectivity index (χ0) is 14.7. The molecule has 108 valence electrons. The van der Waals surface area contributed by atoms with E-state index in [9.17, 15) is 19.1 Å². The number of hydrogen-bond donors (Lipinski definition) is 0. The smallest absolute Gasteiger partial charge is 0.339 e. The Kier molecular flexibility index (Phi) is 4.42. The highest BCUT2D eigenvalue weighted by Crippen LogP contribution is 2.37. The summed E-state index contributed by atoms with van der Waals surface area (Å²) in [6.07, 6.45) is -2.44. The van der Waals surface area contributed by atoms with Crippen LogP contribution in [-0.2, 0) is 29.3 Å². The van der Waals surface area contributed by atoms with Crippen LogP contribution in [0, 0.1) is 10.1 Å². The van der Waals surface area contributed by atoms with Gasteiger partial charge in [0.1, 0.15) is 6.10 Å². The topological polar surface area (TPSA) is 105 Å². The summed E-state index contributed by atoms with van der Waals surface area (Å²) >= 11 is -2.15. The number of nitro groups is 1. The molecular formula is C11H11NO7S. The molecule has 0 N–H and O–H groups in total. The standard InChI is InChI=1S/C11H11NO7S/c1-2-17-11(13)10-9(18-20(16)19-10)7-5-3-4-6-8(7)12(14)15/h3-6,9-10H,2H2,1H3/t9-,10+,20?/m0/s1. The van der Waals surface area contributed by atoms with Gasteiger partial charge < -0.3 is 4.74 Å². The lowest BCUT2D eigenvalue weighted by atomic mass is 10.0. The van der Waals surface area contributed by atoms with Gasteiger partial charge in [0, 0.05) is 6.07 Å². The minimum Gasteiger partial charge on any atom is -0.464 e. The van der Waals surface area contributed by atoms with Gasteiger partial charge in [0.15, 0.2) is 0 Å². The van der Waals surface area contributed by atoms with Gasteiger partial charge in [-0.05, 0) is 13.0 Å². The van der Waals surface area contributed by atoms with Gasteiger partial charge in [0.25, 0.3) is 5.69 Å². The van der Waals surface area contributed by atoms with Gasteiger partial charge in [-0.25, -0.2) is 8.98 Å². The average molecular weight is 301 g/mol. The van der Waals surface area contributed by atoms with E-state index in [2.05, 4.69) is 0 Å². The van der Waals surface area contributed by atoms with Gasteiger partial charge in [-0.3, -0.25) is 14.3 Å². The molecule has 0 aromatic heterocycles. The molecule has 2 rings (SSSR count). The summed E-state index contributed by atoms with van der Waals surface area (Å²) in [4.78, 5) is 22.1. The SMILES string of the molecule is CCOC(=O)[C@@H]1OS(=O)O[C@H]1c1ccccc1[N+](=O)[O-]. The van der Waals surface area contributed by atoms with Gasteiger partial charge >= 0.3 is 17.3 Å². The number of esters is 1.